The molecule has 0 aromatic heterocycles. The third kappa shape index (κ3) is 2.91. The Balaban J connectivity index is 1.60. The Kier molecular flexibility index (Phi) is 4.42. The zero-order valence-electron chi connectivity index (χ0n) is 12.5. The van der Waals surface area contributed by atoms with Crippen LogP contribution >= 0.6 is 0 Å². The molecule has 1 saturated carbocycles. The van der Waals surface area contributed by atoms with Gasteiger partial charge >= 0.3 is 0 Å². The van der Waals surface area contributed by atoms with Crippen molar-refractivity contribution < 1.29 is 5.11 Å². The largest absolute Gasteiger partial charge is 0.388 e. The van der Waals surface area contributed by atoms with E-state index >= 15 is 0 Å². The number of rotatable bonds is 4. The zero-order valence-corrected chi connectivity index (χ0v) is 12.5. The fourth-order valence-corrected chi connectivity index (χ4v) is 4.18. The maximum Gasteiger partial charge on any atom is 0.0827 e. The number of aliphatic hydroxyl groups excluding tert-OH is 1. The Morgan fingerprint density at radius 2 is 1.90 bits per heavy atom. The molecular formula is C18H27NO. The van der Waals surface area contributed by atoms with E-state index in [1.807, 2.05) is 30.3 Å². The van der Waals surface area contributed by atoms with Crippen molar-refractivity contribution in [2.75, 3.05) is 13.1 Å². The maximum absolute atomic E-state index is 10.5. The van der Waals surface area contributed by atoms with Crippen LogP contribution in [0.4, 0.5) is 0 Å². The summed E-state index contributed by atoms with van der Waals surface area (Å²) in [4.78, 5) is 2.65. The van der Waals surface area contributed by atoms with Gasteiger partial charge in [0.05, 0.1) is 6.10 Å². The second kappa shape index (κ2) is 6.28. The smallest absolute Gasteiger partial charge is 0.0827 e. The first-order chi connectivity index (χ1) is 9.75. The maximum atomic E-state index is 10.5. The molecule has 3 rings (SSSR count). The van der Waals surface area contributed by atoms with Gasteiger partial charge in [0, 0.05) is 12.6 Å². The fraction of sp³-hybridized carbons (Fsp3) is 0.667. The minimum absolute atomic E-state index is 0.304. The predicted octanol–water partition coefficient (Wildman–Crippen LogP) is 3.62. The molecule has 2 aliphatic rings. The van der Waals surface area contributed by atoms with Crippen LogP contribution in [0.3, 0.4) is 0 Å². The second-order valence-corrected chi connectivity index (χ2v) is 6.73. The van der Waals surface area contributed by atoms with Crippen molar-refractivity contribution in [1.82, 2.24) is 4.90 Å². The summed E-state index contributed by atoms with van der Waals surface area (Å²) in [5.41, 5.74) is 1.05. The molecule has 1 aliphatic heterocycles. The molecule has 0 bridgehead atoms. The van der Waals surface area contributed by atoms with Crippen LogP contribution in [0, 0.1) is 11.8 Å². The standard InChI is InChI=1S/C18H27NO/c1-14(18(20)16-8-3-2-4-9-16)13-19-12-11-15-7-5-6-10-17(15)19/h2-4,8-9,14-15,17-18,20H,5-7,10-13H2,1H3. The molecular weight excluding hydrogens is 246 g/mol. The van der Waals surface area contributed by atoms with Crippen molar-refractivity contribution in [2.24, 2.45) is 11.8 Å². The lowest BCUT2D eigenvalue weighted by Crippen LogP contribution is -2.38. The van der Waals surface area contributed by atoms with Crippen molar-refractivity contribution in [3.05, 3.63) is 35.9 Å². The molecule has 2 fully saturated rings. The monoisotopic (exact) mass is 273 g/mol. The molecule has 4 atom stereocenters. The van der Waals surface area contributed by atoms with Gasteiger partial charge in [-0.1, -0.05) is 50.1 Å². The van der Waals surface area contributed by atoms with Gasteiger partial charge in [-0.2, -0.15) is 0 Å². The van der Waals surface area contributed by atoms with E-state index in [9.17, 15) is 5.11 Å². The number of hydrogen-bond donors (Lipinski definition) is 1. The van der Waals surface area contributed by atoms with Crippen LogP contribution in [0.2, 0.25) is 0 Å². The molecule has 2 nitrogen and oxygen atoms in total. The fourth-order valence-electron chi connectivity index (χ4n) is 4.18. The van der Waals surface area contributed by atoms with Gasteiger partial charge in [0.15, 0.2) is 0 Å². The van der Waals surface area contributed by atoms with E-state index in [2.05, 4.69) is 11.8 Å². The van der Waals surface area contributed by atoms with Crippen LogP contribution in [0.15, 0.2) is 30.3 Å². The minimum Gasteiger partial charge on any atom is -0.388 e. The molecule has 0 amide bonds. The van der Waals surface area contributed by atoms with E-state index in [1.54, 1.807) is 0 Å². The number of fused-ring (bicyclic) bond motifs is 1. The second-order valence-electron chi connectivity index (χ2n) is 6.73. The lowest BCUT2D eigenvalue weighted by atomic mass is 9.85. The Hall–Kier alpha value is -0.860. The number of benzene rings is 1. The van der Waals surface area contributed by atoms with Crippen LogP contribution in [0.1, 0.15) is 50.7 Å². The number of nitrogens with zero attached hydrogens (tertiary/aromatic N) is 1. The molecule has 1 N–H and O–H groups in total. The highest BCUT2D eigenvalue weighted by atomic mass is 16.3. The van der Waals surface area contributed by atoms with Crippen LogP contribution in [-0.2, 0) is 0 Å². The molecule has 1 aliphatic carbocycles. The average molecular weight is 273 g/mol. The van der Waals surface area contributed by atoms with Gasteiger partial charge in [-0.05, 0) is 43.2 Å². The average Bonchev–Trinajstić information content (AvgIpc) is 2.91. The molecule has 2 heteroatoms. The van der Waals surface area contributed by atoms with Gasteiger partial charge in [-0.25, -0.2) is 0 Å². The van der Waals surface area contributed by atoms with E-state index in [0.29, 0.717) is 5.92 Å². The normalized spacial score (nSPS) is 29.9. The van der Waals surface area contributed by atoms with Gasteiger partial charge in [0.25, 0.3) is 0 Å². The summed E-state index contributed by atoms with van der Waals surface area (Å²) in [7, 11) is 0. The molecule has 1 aromatic rings. The van der Waals surface area contributed by atoms with Gasteiger partial charge in [-0.3, -0.25) is 4.90 Å². The van der Waals surface area contributed by atoms with Crippen molar-refractivity contribution >= 4 is 0 Å². The Labute approximate surface area is 122 Å². The third-order valence-corrected chi connectivity index (χ3v) is 5.33. The number of aliphatic hydroxyl groups is 1. The quantitative estimate of drug-likeness (QED) is 0.905. The molecule has 0 spiro atoms. The van der Waals surface area contributed by atoms with E-state index in [-0.39, 0.29) is 6.10 Å². The van der Waals surface area contributed by atoms with E-state index in [4.69, 9.17) is 0 Å². The molecule has 1 heterocycles. The van der Waals surface area contributed by atoms with E-state index in [0.717, 1.165) is 24.1 Å². The van der Waals surface area contributed by atoms with E-state index in [1.165, 1.54) is 38.6 Å². The molecule has 1 aromatic carbocycles. The summed E-state index contributed by atoms with van der Waals surface area (Å²) in [6.45, 7) is 4.46. The Morgan fingerprint density at radius 3 is 2.70 bits per heavy atom. The highest BCUT2D eigenvalue weighted by Crippen LogP contribution is 2.37. The van der Waals surface area contributed by atoms with Crippen LogP contribution in [0.5, 0.6) is 0 Å². The lowest BCUT2D eigenvalue weighted by molar-refractivity contribution is 0.0752. The highest BCUT2D eigenvalue weighted by molar-refractivity contribution is 5.17. The number of hydrogen-bond acceptors (Lipinski definition) is 2. The lowest BCUT2D eigenvalue weighted by Gasteiger charge is -2.34. The first-order valence-corrected chi connectivity index (χ1v) is 8.23. The first-order valence-electron chi connectivity index (χ1n) is 8.23. The van der Waals surface area contributed by atoms with Crippen LogP contribution < -0.4 is 0 Å². The summed E-state index contributed by atoms with van der Waals surface area (Å²) < 4.78 is 0. The Morgan fingerprint density at radius 1 is 1.15 bits per heavy atom. The molecule has 4 unspecified atom stereocenters. The first kappa shape index (κ1) is 14.1. The summed E-state index contributed by atoms with van der Waals surface area (Å²) >= 11 is 0. The topological polar surface area (TPSA) is 23.5 Å². The van der Waals surface area contributed by atoms with E-state index < -0.39 is 0 Å². The van der Waals surface area contributed by atoms with Crippen molar-refractivity contribution in [1.29, 1.82) is 0 Å². The summed E-state index contributed by atoms with van der Waals surface area (Å²) in [6, 6.07) is 10.9. The van der Waals surface area contributed by atoms with Crippen LogP contribution in [-0.4, -0.2) is 29.1 Å². The highest BCUT2D eigenvalue weighted by Gasteiger charge is 2.36. The third-order valence-electron chi connectivity index (χ3n) is 5.33. The molecule has 20 heavy (non-hydrogen) atoms. The number of likely N-dealkylation sites (tertiary alicyclic amines) is 1. The van der Waals surface area contributed by atoms with Crippen molar-refractivity contribution in [3.63, 3.8) is 0 Å². The molecule has 110 valence electrons. The van der Waals surface area contributed by atoms with Gasteiger partial charge in [0.1, 0.15) is 0 Å². The van der Waals surface area contributed by atoms with Gasteiger partial charge in [0.2, 0.25) is 0 Å². The SMILES string of the molecule is CC(CN1CCC2CCCCC21)C(O)c1ccccc1. The Bertz CT molecular complexity index is 419. The summed E-state index contributed by atoms with van der Waals surface area (Å²) in [6.07, 6.45) is 6.66. The van der Waals surface area contributed by atoms with Crippen molar-refractivity contribution in [2.45, 2.75) is 51.2 Å². The van der Waals surface area contributed by atoms with Gasteiger partial charge < -0.3 is 5.11 Å². The van der Waals surface area contributed by atoms with Gasteiger partial charge in [-0.15, -0.1) is 0 Å². The predicted molar refractivity (Wildman–Crippen MR) is 82.5 cm³/mol. The minimum atomic E-state index is -0.334. The van der Waals surface area contributed by atoms with Crippen LogP contribution in [0.25, 0.3) is 0 Å². The summed E-state index contributed by atoms with van der Waals surface area (Å²) in [5, 5.41) is 10.5. The molecule has 0 radical (unpaired) electrons. The van der Waals surface area contributed by atoms with Crippen molar-refractivity contribution in [3.8, 4) is 0 Å². The summed E-state index contributed by atoms with van der Waals surface area (Å²) in [5.74, 6) is 1.24. The molecule has 1 saturated heterocycles. The zero-order chi connectivity index (χ0) is 13.9.